The molecule has 0 saturated carbocycles. The molecule has 1 saturated heterocycles. The molecule has 0 bridgehead atoms. The third kappa shape index (κ3) is 3.13. The first kappa shape index (κ1) is 15.3. The molecule has 1 aromatic carbocycles. The number of rotatable bonds is 2. The first-order chi connectivity index (χ1) is 9.24. The lowest BCUT2D eigenvalue weighted by atomic mass is 10.0. The van der Waals surface area contributed by atoms with Gasteiger partial charge in [-0.15, -0.1) is 12.4 Å². The molecule has 0 spiro atoms. The van der Waals surface area contributed by atoms with Crippen molar-refractivity contribution in [1.82, 2.24) is 10.6 Å². The molecule has 1 amide bonds. The number of amides is 1. The van der Waals surface area contributed by atoms with Gasteiger partial charge in [0.1, 0.15) is 5.82 Å². The van der Waals surface area contributed by atoms with Crippen LogP contribution in [0.3, 0.4) is 0 Å². The third-order valence-electron chi connectivity index (χ3n) is 4.13. The summed E-state index contributed by atoms with van der Waals surface area (Å²) in [6.45, 7) is 0.921. The summed E-state index contributed by atoms with van der Waals surface area (Å²) in [7, 11) is 0. The number of carbonyl (C=O) groups excluding carboxylic acids is 1. The smallest absolute Gasteiger partial charge is 0.237 e. The molecule has 3 nitrogen and oxygen atoms in total. The maximum Gasteiger partial charge on any atom is 0.237 e. The second-order valence-electron chi connectivity index (χ2n) is 5.45. The van der Waals surface area contributed by atoms with Gasteiger partial charge < -0.3 is 10.6 Å². The lowest BCUT2D eigenvalue weighted by Gasteiger charge is -2.24. The third-order valence-corrected chi connectivity index (χ3v) is 4.13. The summed E-state index contributed by atoms with van der Waals surface area (Å²) in [5.74, 6) is -0.110. The van der Waals surface area contributed by atoms with Crippen LogP contribution in [-0.4, -0.2) is 18.5 Å². The molecule has 3 rings (SSSR count). The van der Waals surface area contributed by atoms with Crippen molar-refractivity contribution in [3.8, 4) is 0 Å². The fraction of sp³-hybridized carbons (Fsp3) is 0.533. The molecule has 1 aliphatic heterocycles. The van der Waals surface area contributed by atoms with Crippen molar-refractivity contribution in [2.24, 2.45) is 0 Å². The number of hydrogen-bond acceptors (Lipinski definition) is 2. The van der Waals surface area contributed by atoms with Crippen molar-refractivity contribution < 1.29 is 9.18 Å². The molecular formula is C15H20ClFN2O. The predicted molar refractivity (Wildman–Crippen MR) is 78.5 cm³/mol. The van der Waals surface area contributed by atoms with Gasteiger partial charge in [0, 0.05) is 0 Å². The Kier molecular flexibility index (Phi) is 5.00. The maximum atomic E-state index is 13.1. The van der Waals surface area contributed by atoms with E-state index in [-0.39, 0.29) is 36.2 Å². The molecular weight excluding hydrogens is 279 g/mol. The molecule has 2 aliphatic rings. The van der Waals surface area contributed by atoms with E-state index < -0.39 is 0 Å². The zero-order valence-electron chi connectivity index (χ0n) is 11.3. The van der Waals surface area contributed by atoms with E-state index in [2.05, 4.69) is 10.6 Å². The lowest BCUT2D eigenvalue weighted by Crippen LogP contribution is -2.47. The highest BCUT2D eigenvalue weighted by molar-refractivity contribution is 5.85. The van der Waals surface area contributed by atoms with Gasteiger partial charge in [-0.3, -0.25) is 4.79 Å². The van der Waals surface area contributed by atoms with E-state index in [9.17, 15) is 9.18 Å². The van der Waals surface area contributed by atoms with Gasteiger partial charge in [-0.25, -0.2) is 4.39 Å². The van der Waals surface area contributed by atoms with E-state index in [0.717, 1.165) is 49.8 Å². The van der Waals surface area contributed by atoms with Crippen LogP contribution in [0.4, 0.5) is 4.39 Å². The van der Waals surface area contributed by atoms with Gasteiger partial charge in [0.2, 0.25) is 5.91 Å². The van der Waals surface area contributed by atoms with E-state index in [1.807, 2.05) is 0 Å². The molecule has 2 N–H and O–H groups in total. The molecule has 20 heavy (non-hydrogen) atoms. The Morgan fingerprint density at radius 2 is 2.15 bits per heavy atom. The van der Waals surface area contributed by atoms with Gasteiger partial charge in [0.05, 0.1) is 12.1 Å². The lowest BCUT2D eigenvalue weighted by molar-refractivity contribution is -0.124. The van der Waals surface area contributed by atoms with Crippen LogP contribution in [0.1, 0.15) is 42.9 Å². The van der Waals surface area contributed by atoms with Gasteiger partial charge in [-0.2, -0.15) is 0 Å². The quantitative estimate of drug-likeness (QED) is 0.881. The van der Waals surface area contributed by atoms with E-state index >= 15 is 0 Å². The summed E-state index contributed by atoms with van der Waals surface area (Å²) in [6, 6.07) is 4.85. The fourth-order valence-electron chi connectivity index (χ4n) is 3.08. The highest BCUT2D eigenvalue weighted by Gasteiger charge is 2.27. The Morgan fingerprint density at radius 3 is 2.90 bits per heavy atom. The van der Waals surface area contributed by atoms with Crippen molar-refractivity contribution in [2.45, 2.75) is 44.2 Å². The second-order valence-corrected chi connectivity index (χ2v) is 5.45. The number of aryl methyl sites for hydroxylation is 1. The van der Waals surface area contributed by atoms with Crippen LogP contribution in [0.5, 0.6) is 0 Å². The first-order valence-corrected chi connectivity index (χ1v) is 7.06. The molecule has 0 radical (unpaired) electrons. The van der Waals surface area contributed by atoms with Crippen LogP contribution in [-0.2, 0) is 11.2 Å². The summed E-state index contributed by atoms with van der Waals surface area (Å²) >= 11 is 0. The van der Waals surface area contributed by atoms with Crippen LogP contribution in [0.15, 0.2) is 18.2 Å². The van der Waals surface area contributed by atoms with Crippen LogP contribution in [0, 0.1) is 5.82 Å². The minimum Gasteiger partial charge on any atom is -0.348 e. The van der Waals surface area contributed by atoms with Crippen LogP contribution >= 0.6 is 12.4 Å². The summed E-state index contributed by atoms with van der Waals surface area (Å²) < 4.78 is 13.1. The van der Waals surface area contributed by atoms with E-state index in [1.54, 1.807) is 12.1 Å². The highest BCUT2D eigenvalue weighted by Crippen LogP contribution is 2.31. The van der Waals surface area contributed by atoms with Crippen molar-refractivity contribution in [1.29, 1.82) is 0 Å². The van der Waals surface area contributed by atoms with Gasteiger partial charge >= 0.3 is 0 Å². The number of fused-ring (bicyclic) bond motifs is 1. The monoisotopic (exact) mass is 298 g/mol. The Morgan fingerprint density at radius 1 is 1.30 bits per heavy atom. The number of hydrogen-bond donors (Lipinski definition) is 2. The van der Waals surface area contributed by atoms with Crippen LogP contribution in [0.25, 0.3) is 0 Å². The number of benzene rings is 1. The van der Waals surface area contributed by atoms with Crippen LogP contribution in [0.2, 0.25) is 0 Å². The topological polar surface area (TPSA) is 41.1 Å². The largest absolute Gasteiger partial charge is 0.348 e. The number of piperidine rings is 1. The van der Waals surface area contributed by atoms with Crippen molar-refractivity contribution >= 4 is 18.3 Å². The van der Waals surface area contributed by atoms with E-state index in [1.165, 1.54) is 6.07 Å². The number of carbonyl (C=O) groups is 1. The zero-order valence-corrected chi connectivity index (χ0v) is 12.1. The average molecular weight is 299 g/mol. The maximum absolute atomic E-state index is 13.1. The highest BCUT2D eigenvalue weighted by atomic mass is 35.5. The first-order valence-electron chi connectivity index (χ1n) is 7.06. The number of halogens is 2. The molecule has 1 heterocycles. The molecule has 5 heteroatoms. The fourth-order valence-corrected chi connectivity index (χ4v) is 3.08. The van der Waals surface area contributed by atoms with Crippen molar-refractivity contribution in [2.75, 3.05) is 6.54 Å². The van der Waals surface area contributed by atoms with Crippen LogP contribution < -0.4 is 10.6 Å². The number of nitrogens with one attached hydrogen (secondary N) is 2. The normalized spacial score (nSPS) is 24.6. The molecule has 1 aliphatic carbocycles. The van der Waals surface area contributed by atoms with E-state index in [4.69, 9.17) is 0 Å². The van der Waals surface area contributed by atoms with Gasteiger partial charge in [0.15, 0.2) is 0 Å². The second kappa shape index (κ2) is 6.55. The van der Waals surface area contributed by atoms with Gasteiger partial charge in [-0.05, 0) is 55.5 Å². The minimum atomic E-state index is -0.195. The van der Waals surface area contributed by atoms with Crippen molar-refractivity contribution in [3.05, 3.63) is 35.1 Å². The summed E-state index contributed by atoms with van der Waals surface area (Å²) in [5, 5.41) is 6.35. The SMILES string of the molecule is Cl.O=C(NC1CCc2cc(F)ccc21)C1CCCCN1. The summed E-state index contributed by atoms with van der Waals surface area (Å²) in [4.78, 5) is 12.2. The van der Waals surface area contributed by atoms with Crippen molar-refractivity contribution in [3.63, 3.8) is 0 Å². The Balaban J connectivity index is 0.00000147. The minimum absolute atomic E-state index is 0. The van der Waals surface area contributed by atoms with Gasteiger partial charge in [-0.1, -0.05) is 12.5 Å². The summed E-state index contributed by atoms with van der Waals surface area (Å²) in [6.07, 6.45) is 4.88. The Bertz CT molecular complexity index is 489. The predicted octanol–water partition coefficient (Wildman–Crippen LogP) is 2.49. The standard InChI is InChI=1S/C15H19FN2O.ClH/c16-11-5-6-12-10(9-11)4-7-13(12)18-15(19)14-3-1-2-8-17-14;/h5-6,9,13-14,17H,1-4,7-8H2,(H,18,19);1H. The Labute approximate surface area is 124 Å². The van der Waals surface area contributed by atoms with Gasteiger partial charge in [0.25, 0.3) is 0 Å². The molecule has 1 fully saturated rings. The molecule has 110 valence electrons. The van der Waals surface area contributed by atoms with E-state index in [0.29, 0.717) is 0 Å². The molecule has 0 aromatic heterocycles. The summed E-state index contributed by atoms with van der Waals surface area (Å²) in [5.41, 5.74) is 2.10. The molecule has 2 atom stereocenters. The average Bonchev–Trinajstić information content (AvgIpc) is 2.82. The molecule has 2 unspecified atom stereocenters. The molecule has 1 aromatic rings. The Hall–Kier alpha value is -1.13. The zero-order chi connectivity index (χ0) is 13.2.